The lowest BCUT2D eigenvalue weighted by molar-refractivity contribution is -0.0315. The van der Waals surface area contributed by atoms with Crippen molar-refractivity contribution in [2.24, 2.45) is 11.7 Å². The fraction of sp³-hybridized carbons (Fsp3) is 0.833. The molecule has 102 valence electrons. The van der Waals surface area contributed by atoms with E-state index in [1.165, 1.54) is 0 Å². The van der Waals surface area contributed by atoms with Gasteiger partial charge < -0.3 is 15.0 Å². The Balaban J connectivity index is 2.23. The van der Waals surface area contributed by atoms with Gasteiger partial charge in [-0.05, 0) is 5.92 Å². The molecule has 6 nitrogen and oxygen atoms in total. The molecule has 0 radical (unpaired) electrons. The average Bonchev–Trinajstić information content (AvgIpc) is 2.82. The van der Waals surface area contributed by atoms with Gasteiger partial charge in [-0.3, -0.25) is 4.90 Å². The van der Waals surface area contributed by atoms with E-state index in [1.54, 1.807) is 13.4 Å². The largest absolute Gasteiger partial charge is 0.383 e. The normalized spacial score (nSPS) is 19.8. The van der Waals surface area contributed by atoms with Crippen LogP contribution >= 0.6 is 0 Å². The molecule has 1 aliphatic rings. The molecule has 0 aliphatic carbocycles. The van der Waals surface area contributed by atoms with E-state index >= 15 is 0 Å². The molecule has 2 rings (SSSR count). The molecule has 0 bridgehead atoms. The van der Waals surface area contributed by atoms with E-state index in [4.69, 9.17) is 10.5 Å². The second-order valence-corrected chi connectivity index (χ2v) is 5.26. The molecule has 0 fully saturated rings. The summed E-state index contributed by atoms with van der Waals surface area (Å²) in [5, 5.41) is 8.12. The van der Waals surface area contributed by atoms with Crippen LogP contribution in [-0.4, -0.2) is 52.0 Å². The summed E-state index contributed by atoms with van der Waals surface area (Å²) in [6, 6.07) is 0. The second-order valence-electron chi connectivity index (χ2n) is 5.26. The molecule has 1 unspecified atom stereocenters. The van der Waals surface area contributed by atoms with Crippen molar-refractivity contribution >= 4 is 0 Å². The highest BCUT2D eigenvalue weighted by Crippen LogP contribution is 2.28. The van der Waals surface area contributed by atoms with E-state index in [0.717, 1.165) is 25.5 Å². The fourth-order valence-corrected chi connectivity index (χ4v) is 2.74. The second kappa shape index (κ2) is 5.34. The van der Waals surface area contributed by atoms with E-state index < -0.39 is 0 Å². The van der Waals surface area contributed by atoms with Gasteiger partial charge in [0.25, 0.3) is 0 Å². The van der Waals surface area contributed by atoms with Gasteiger partial charge in [-0.25, -0.2) is 0 Å². The Morgan fingerprint density at radius 2 is 2.28 bits per heavy atom. The molecule has 2 N–H and O–H groups in total. The van der Waals surface area contributed by atoms with Crippen LogP contribution < -0.4 is 5.73 Å². The number of rotatable bonds is 5. The maximum Gasteiger partial charge on any atom is 0.147 e. The number of hydrogen-bond acceptors (Lipinski definition) is 5. The zero-order chi connectivity index (χ0) is 13.2. The molecule has 0 saturated carbocycles. The van der Waals surface area contributed by atoms with Crippen LogP contribution in [0.2, 0.25) is 0 Å². The number of nitrogens with two attached hydrogens (primary N) is 1. The Labute approximate surface area is 108 Å². The molecule has 1 aromatic heterocycles. The third-order valence-corrected chi connectivity index (χ3v) is 4.09. The van der Waals surface area contributed by atoms with Crippen molar-refractivity contribution in [3.8, 4) is 0 Å². The third kappa shape index (κ3) is 2.15. The summed E-state index contributed by atoms with van der Waals surface area (Å²) in [4.78, 5) is 2.39. The smallest absolute Gasteiger partial charge is 0.147 e. The van der Waals surface area contributed by atoms with Crippen molar-refractivity contribution in [2.45, 2.75) is 32.5 Å². The SMILES string of the molecule is COCC(CN)(C(C)C)N1CCn2cnnc2C1. The van der Waals surface area contributed by atoms with Gasteiger partial charge in [0.2, 0.25) is 0 Å². The summed E-state index contributed by atoms with van der Waals surface area (Å²) in [5.74, 6) is 1.44. The van der Waals surface area contributed by atoms with Crippen molar-refractivity contribution in [2.75, 3.05) is 26.8 Å². The fourth-order valence-electron chi connectivity index (χ4n) is 2.74. The molecular weight excluding hydrogens is 230 g/mol. The van der Waals surface area contributed by atoms with Gasteiger partial charge in [-0.15, -0.1) is 10.2 Å². The van der Waals surface area contributed by atoms with Gasteiger partial charge in [-0.2, -0.15) is 0 Å². The van der Waals surface area contributed by atoms with Crippen molar-refractivity contribution in [1.82, 2.24) is 19.7 Å². The molecule has 6 heteroatoms. The zero-order valence-electron chi connectivity index (χ0n) is 11.5. The monoisotopic (exact) mass is 253 g/mol. The minimum absolute atomic E-state index is 0.119. The molecular formula is C12H23N5O. The highest BCUT2D eigenvalue weighted by molar-refractivity contribution is 5.00. The Morgan fingerprint density at radius 1 is 1.50 bits per heavy atom. The van der Waals surface area contributed by atoms with E-state index in [2.05, 4.69) is 33.5 Å². The summed E-state index contributed by atoms with van der Waals surface area (Å²) in [7, 11) is 1.74. The van der Waals surface area contributed by atoms with Crippen LogP contribution in [0.25, 0.3) is 0 Å². The number of methoxy groups -OCH3 is 1. The van der Waals surface area contributed by atoms with Crippen LogP contribution in [0.3, 0.4) is 0 Å². The van der Waals surface area contributed by atoms with Crippen molar-refractivity contribution < 1.29 is 4.74 Å². The maximum absolute atomic E-state index is 6.06. The Bertz CT molecular complexity index is 392. The summed E-state index contributed by atoms with van der Waals surface area (Å²) in [6.07, 6.45) is 1.79. The van der Waals surface area contributed by atoms with Crippen LogP contribution in [0.5, 0.6) is 0 Å². The zero-order valence-corrected chi connectivity index (χ0v) is 11.5. The first kappa shape index (κ1) is 13.5. The van der Waals surface area contributed by atoms with Gasteiger partial charge >= 0.3 is 0 Å². The molecule has 0 saturated heterocycles. The summed E-state index contributed by atoms with van der Waals surface area (Å²) in [5.41, 5.74) is 5.94. The van der Waals surface area contributed by atoms with Crippen LogP contribution in [0, 0.1) is 5.92 Å². The third-order valence-electron chi connectivity index (χ3n) is 4.09. The first-order valence-electron chi connectivity index (χ1n) is 6.45. The first-order chi connectivity index (χ1) is 8.64. The van der Waals surface area contributed by atoms with E-state index in [0.29, 0.717) is 19.1 Å². The number of aromatic nitrogens is 3. The van der Waals surface area contributed by atoms with Crippen molar-refractivity contribution in [3.63, 3.8) is 0 Å². The van der Waals surface area contributed by atoms with E-state index in [1.807, 2.05) is 0 Å². The van der Waals surface area contributed by atoms with Crippen LogP contribution in [0.15, 0.2) is 6.33 Å². The van der Waals surface area contributed by atoms with Gasteiger partial charge in [0, 0.05) is 26.7 Å². The number of ether oxygens (including phenoxy) is 1. The predicted octanol–water partition coefficient (Wildman–Crippen LogP) is 0.0936. The molecule has 1 aromatic rings. The number of fused-ring (bicyclic) bond motifs is 1. The van der Waals surface area contributed by atoms with Crippen LogP contribution in [-0.2, 0) is 17.8 Å². The van der Waals surface area contributed by atoms with Crippen LogP contribution in [0.1, 0.15) is 19.7 Å². The maximum atomic E-state index is 6.06. The molecule has 2 heterocycles. The molecule has 1 aliphatic heterocycles. The highest BCUT2D eigenvalue weighted by atomic mass is 16.5. The minimum Gasteiger partial charge on any atom is -0.383 e. The van der Waals surface area contributed by atoms with Crippen molar-refractivity contribution in [1.29, 1.82) is 0 Å². The molecule has 1 atom stereocenters. The number of hydrogen-bond donors (Lipinski definition) is 1. The minimum atomic E-state index is -0.119. The predicted molar refractivity (Wildman–Crippen MR) is 68.9 cm³/mol. The van der Waals surface area contributed by atoms with E-state index in [-0.39, 0.29) is 5.54 Å². The standard InChI is InChI=1S/C12H23N5O/c1-10(2)12(7-13,8-18-3)17-5-4-16-9-14-15-11(16)6-17/h9-10H,4-8,13H2,1-3H3. The molecule has 0 aromatic carbocycles. The Hall–Kier alpha value is -0.980. The summed E-state index contributed by atoms with van der Waals surface area (Å²) < 4.78 is 7.52. The van der Waals surface area contributed by atoms with Gasteiger partial charge in [0.1, 0.15) is 12.2 Å². The first-order valence-corrected chi connectivity index (χ1v) is 6.45. The van der Waals surface area contributed by atoms with E-state index in [9.17, 15) is 0 Å². The number of nitrogens with zero attached hydrogens (tertiary/aromatic N) is 4. The summed E-state index contributed by atoms with van der Waals surface area (Å²) >= 11 is 0. The average molecular weight is 253 g/mol. The molecule has 18 heavy (non-hydrogen) atoms. The van der Waals surface area contributed by atoms with Gasteiger partial charge in [-0.1, -0.05) is 13.8 Å². The Kier molecular flexibility index (Phi) is 3.99. The van der Waals surface area contributed by atoms with Crippen LogP contribution in [0.4, 0.5) is 0 Å². The highest BCUT2D eigenvalue weighted by Gasteiger charge is 2.40. The topological polar surface area (TPSA) is 69.2 Å². The quantitative estimate of drug-likeness (QED) is 0.805. The lowest BCUT2D eigenvalue weighted by Gasteiger charge is -2.47. The molecule has 0 amide bonds. The lowest BCUT2D eigenvalue weighted by atomic mass is 9.84. The van der Waals surface area contributed by atoms with Crippen molar-refractivity contribution in [3.05, 3.63) is 12.2 Å². The summed E-state index contributed by atoms with van der Waals surface area (Å²) in [6.45, 7) is 8.31. The van der Waals surface area contributed by atoms with Gasteiger partial charge in [0.15, 0.2) is 0 Å². The lowest BCUT2D eigenvalue weighted by Crippen LogP contribution is -2.61. The van der Waals surface area contributed by atoms with Gasteiger partial charge in [0.05, 0.1) is 18.7 Å². The Morgan fingerprint density at radius 3 is 2.89 bits per heavy atom. The molecule has 0 spiro atoms.